The van der Waals surface area contributed by atoms with Crippen LogP contribution in [0.25, 0.3) is 10.6 Å². The molecule has 4 heterocycles. The van der Waals surface area contributed by atoms with Crippen LogP contribution in [-0.4, -0.2) is 66.2 Å². The van der Waals surface area contributed by atoms with Crippen LogP contribution in [0.4, 0.5) is 15.7 Å². The first kappa shape index (κ1) is 21.1. The van der Waals surface area contributed by atoms with Crippen molar-refractivity contribution in [3.05, 3.63) is 22.9 Å². The summed E-state index contributed by atoms with van der Waals surface area (Å²) in [5.41, 5.74) is 3.34. The molecule has 32 heavy (non-hydrogen) atoms. The van der Waals surface area contributed by atoms with Gasteiger partial charge in [-0.05, 0) is 44.2 Å². The van der Waals surface area contributed by atoms with Gasteiger partial charge in [0.05, 0.1) is 35.0 Å². The molecule has 2 aliphatic heterocycles. The fourth-order valence-electron chi connectivity index (χ4n) is 4.47. The first-order valence-electron chi connectivity index (χ1n) is 11.1. The Labute approximate surface area is 191 Å². The second-order valence-electron chi connectivity index (χ2n) is 8.61. The number of nitrogens with zero attached hydrogens (tertiary/aromatic N) is 4. The van der Waals surface area contributed by atoms with Crippen molar-refractivity contribution in [2.45, 2.75) is 39.3 Å². The third-order valence-corrected chi connectivity index (χ3v) is 7.58. The molecule has 2 aromatic heterocycles. The van der Waals surface area contributed by atoms with E-state index in [1.807, 2.05) is 17.9 Å². The van der Waals surface area contributed by atoms with Crippen molar-refractivity contribution in [3.8, 4) is 10.6 Å². The molecule has 9 nitrogen and oxygen atoms in total. The maximum atomic E-state index is 13.5. The van der Waals surface area contributed by atoms with Gasteiger partial charge < -0.3 is 19.9 Å². The largest absolute Gasteiger partial charge is 0.378 e. The number of morpholine rings is 1. The molecule has 2 aromatic rings. The summed E-state index contributed by atoms with van der Waals surface area (Å²) in [6, 6.07) is 1.96. The van der Waals surface area contributed by atoms with Crippen LogP contribution in [0.3, 0.4) is 0 Å². The zero-order chi connectivity index (χ0) is 22.4. The van der Waals surface area contributed by atoms with E-state index in [0.29, 0.717) is 43.9 Å². The molecule has 0 spiro atoms. The van der Waals surface area contributed by atoms with E-state index < -0.39 is 0 Å². The minimum absolute atomic E-state index is 0.0861. The number of carbonyl (C=O) groups excluding carboxylic acids is 2. The first-order valence-corrected chi connectivity index (χ1v) is 11.9. The predicted octanol–water partition coefficient (Wildman–Crippen LogP) is 2.86. The molecule has 10 heteroatoms. The standard InChI is InChI=1S/C22H28N6O3S/c1-12-18(32-22(24-12)26-21(30)23-3)16-10-15-11-28(13(2)14-4-5-14)20(29)17(15)19(25-16)27-6-8-31-9-7-27/h10,13-14H,4-9,11H2,1-3H3,(H2,23,24,26,30)/t13-/m0/s1. The van der Waals surface area contributed by atoms with Crippen LogP contribution < -0.4 is 15.5 Å². The monoisotopic (exact) mass is 456 g/mol. The third kappa shape index (κ3) is 3.81. The van der Waals surface area contributed by atoms with Crippen LogP contribution in [0.1, 0.15) is 41.4 Å². The van der Waals surface area contributed by atoms with Gasteiger partial charge in [0, 0.05) is 32.7 Å². The SMILES string of the molecule is CNC(=O)Nc1nc(C)c(-c2cc3c(c(N4CCOCC4)n2)C(=O)N([C@@H](C)C2CC2)C3)s1. The molecule has 2 N–H and O–H groups in total. The number of carbonyl (C=O) groups is 2. The molecular formula is C22H28N6O3S. The molecule has 1 saturated carbocycles. The molecule has 0 unspecified atom stereocenters. The van der Waals surface area contributed by atoms with E-state index in [0.717, 1.165) is 33.2 Å². The Kier molecular flexibility index (Phi) is 5.50. The van der Waals surface area contributed by atoms with Crippen LogP contribution >= 0.6 is 11.3 Å². The number of pyridine rings is 1. The number of hydrogen-bond acceptors (Lipinski definition) is 7. The van der Waals surface area contributed by atoms with Gasteiger partial charge in [-0.2, -0.15) is 0 Å². The van der Waals surface area contributed by atoms with E-state index >= 15 is 0 Å². The Balaban J connectivity index is 1.55. The molecule has 5 rings (SSSR count). The van der Waals surface area contributed by atoms with Gasteiger partial charge in [0.25, 0.3) is 5.91 Å². The maximum Gasteiger partial charge on any atom is 0.320 e. The fourth-order valence-corrected chi connectivity index (χ4v) is 5.39. The number of anilines is 2. The van der Waals surface area contributed by atoms with Crippen molar-refractivity contribution in [2.24, 2.45) is 5.92 Å². The zero-order valence-corrected chi connectivity index (χ0v) is 19.4. The first-order chi connectivity index (χ1) is 15.5. The number of ether oxygens (including phenoxy) is 1. The van der Waals surface area contributed by atoms with Crippen molar-refractivity contribution in [1.29, 1.82) is 0 Å². The van der Waals surface area contributed by atoms with Gasteiger partial charge in [-0.3, -0.25) is 10.1 Å². The Morgan fingerprint density at radius 1 is 1.28 bits per heavy atom. The third-order valence-electron chi connectivity index (χ3n) is 6.48. The Bertz CT molecular complexity index is 1060. The lowest BCUT2D eigenvalue weighted by molar-refractivity contribution is 0.0697. The molecule has 1 aliphatic carbocycles. The van der Waals surface area contributed by atoms with Gasteiger partial charge in [-0.25, -0.2) is 14.8 Å². The maximum absolute atomic E-state index is 13.5. The molecule has 3 aliphatic rings. The fraction of sp³-hybridized carbons (Fsp3) is 0.545. The van der Waals surface area contributed by atoms with E-state index in [2.05, 4.69) is 27.4 Å². The van der Waals surface area contributed by atoms with Gasteiger partial charge in [0.1, 0.15) is 5.82 Å². The normalized spacial score (nSPS) is 19.2. The number of fused-ring (bicyclic) bond motifs is 1. The predicted molar refractivity (Wildman–Crippen MR) is 123 cm³/mol. The number of nitrogens with one attached hydrogen (secondary N) is 2. The van der Waals surface area contributed by atoms with Crippen LogP contribution in [0.5, 0.6) is 0 Å². The summed E-state index contributed by atoms with van der Waals surface area (Å²) in [7, 11) is 1.57. The molecule has 0 radical (unpaired) electrons. The summed E-state index contributed by atoms with van der Waals surface area (Å²) in [4.78, 5) is 39.7. The number of aryl methyl sites for hydroxylation is 1. The lowest BCUT2D eigenvalue weighted by Crippen LogP contribution is -2.39. The summed E-state index contributed by atoms with van der Waals surface area (Å²) in [6.45, 7) is 7.34. The van der Waals surface area contributed by atoms with Crippen LogP contribution in [0.15, 0.2) is 6.07 Å². The Morgan fingerprint density at radius 2 is 2.03 bits per heavy atom. The average Bonchev–Trinajstić information content (AvgIpc) is 3.52. The van der Waals surface area contributed by atoms with Crippen molar-refractivity contribution in [3.63, 3.8) is 0 Å². The minimum Gasteiger partial charge on any atom is -0.378 e. The Morgan fingerprint density at radius 3 is 2.72 bits per heavy atom. The highest BCUT2D eigenvalue weighted by Crippen LogP contribution is 2.42. The molecule has 0 aromatic carbocycles. The number of hydrogen-bond donors (Lipinski definition) is 2. The lowest BCUT2D eigenvalue weighted by atomic mass is 10.1. The second-order valence-corrected chi connectivity index (χ2v) is 9.61. The topological polar surface area (TPSA) is 99.7 Å². The lowest BCUT2D eigenvalue weighted by Gasteiger charge is -2.29. The number of amides is 3. The van der Waals surface area contributed by atoms with Crippen LogP contribution in [-0.2, 0) is 11.3 Å². The molecule has 3 amide bonds. The van der Waals surface area contributed by atoms with Crippen molar-refractivity contribution < 1.29 is 14.3 Å². The summed E-state index contributed by atoms with van der Waals surface area (Å²) >= 11 is 1.39. The summed E-state index contributed by atoms with van der Waals surface area (Å²) in [5, 5.41) is 5.80. The number of urea groups is 1. The summed E-state index contributed by atoms with van der Waals surface area (Å²) < 4.78 is 5.53. The summed E-state index contributed by atoms with van der Waals surface area (Å²) in [6.07, 6.45) is 2.39. The van der Waals surface area contributed by atoms with Crippen molar-refractivity contribution >= 4 is 34.2 Å². The number of thiazole rings is 1. The van der Waals surface area contributed by atoms with E-state index in [9.17, 15) is 9.59 Å². The highest BCUT2D eigenvalue weighted by molar-refractivity contribution is 7.19. The molecule has 1 atom stereocenters. The highest BCUT2D eigenvalue weighted by Gasteiger charge is 2.41. The van der Waals surface area contributed by atoms with E-state index in [1.54, 1.807) is 7.05 Å². The van der Waals surface area contributed by atoms with E-state index in [1.165, 1.54) is 24.2 Å². The molecule has 2 fully saturated rings. The number of rotatable bonds is 5. The smallest absolute Gasteiger partial charge is 0.320 e. The van der Waals surface area contributed by atoms with Gasteiger partial charge in [0.2, 0.25) is 0 Å². The molecule has 1 saturated heterocycles. The quantitative estimate of drug-likeness (QED) is 0.718. The molecule has 170 valence electrons. The van der Waals surface area contributed by atoms with E-state index in [4.69, 9.17) is 9.72 Å². The Hall–Kier alpha value is -2.72. The highest BCUT2D eigenvalue weighted by atomic mass is 32.1. The van der Waals surface area contributed by atoms with Crippen LogP contribution in [0.2, 0.25) is 0 Å². The minimum atomic E-state index is -0.309. The second kappa shape index (κ2) is 8.32. The molecule has 0 bridgehead atoms. The summed E-state index contributed by atoms with van der Waals surface area (Å²) in [5.74, 6) is 1.43. The molecular weight excluding hydrogens is 428 g/mol. The zero-order valence-electron chi connectivity index (χ0n) is 18.6. The van der Waals surface area contributed by atoms with E-state index in [-0.39, 0.29) is 18.0 Å². The number of aromatic nitrogens is 2. The van der Waals surface area contributed by atoms with Gasteiger partial charge >= 0.3 is 6.03 Å². The van der Waals surface area contributed by atoms with Gasteiger partial charge in [0.15, 0.2) is 5.13 Å². The van der Waals surface area contributed by atoms with Crippen molar-refractivity contribution in [1.82, 2.24) is 20.2 Å². The van der Waals surface area contributed by atoms with Crippen molar-refractivity contribution in [2.75, 3.05) is 43.6 Å². The van der Waals surface area contributed by atoms with Gasteiger partial charge in [-0.15, -0.1) is 0 Å². The average molecular weight is 457 g/mol. The van der Waals surface area contributed by atoms with Crippen LogP contribution in [0, 0.1) is 12.8 Å². The van der Waals surface area contributed by atoms with Gasteiger partial charge in [-0.1, -0.05) is 11.3 Å².